The van der Waals surface area contributed by atoms with Gasteiger partial charge in [-0.3, -0.25) is 4.79 Å². The van der Waals surface area contributed by atoms with Crippen molar-refractivity contribution in [2.75, 3.05) is 19.6 Å². The van der Waals surface area contributed by atoms with Gasteiger partial charge in [0.1, 0.15) is 0 Å². The Morgan fingerprint density at radius 1 is 1.17 bits per heavy atom. The van der Waals surface area contributed by atoms with E-state index in [1.54, 1.807) is 0 Å². The van der Waals surface area contributed by atoms with Crippen LogP contribution < -0.4 is 5.32 Å². The lowest BCUT2D eigenvalue weighted by Crippen LogP contribution is -2.50. The molecule has 0 bridgehead atoms. The third-order valence-electron chi connectivity index (χ3n) is 5.63. The van der Waals surface area contributed by atoms with Gasteiger partial charge >= 0.3 is 0 Å². The Morgan fingerprint density at radius 2 is 1.92 bits per heavy atom. The molecule has 2 aromatic rings. The van der Waals surface area contributed by atoms with Crippen molar-refractivity contribution in [1.29, 1.82) is 0 Å². The lowest BCUT2D eigenvalue weighted by molar-refractivity contribution is -0.138. The molecule has 0 spiro atoms. The molecule has 3 nitrogen and oxygen atoms in total. The summed E-state index contributed by atoms with van der Waals surface area (Å²) in [6, 6.07) is 15.2. The number of hydrogen-bond donors (Lipinski definition) is 1. The van der Waals surface area contributed by atoms with Crippen LogP contribution in [0.25, 0.3) is 10.8 Å². The lowest BCUT2D eigenvalue weighted by atomic mass is 9.87. The fourth-order valence-electron chi connectivity index (χ4n) is 4.02. The molecule has 2 unspecified atom stereocenters. The normalized spacial score (nSPS) is 22.0. The molecule has 1 amide bonds. The highest BCUT2D eigenvalue weighted by Crippen LogP contribution is 2.37. The molecule has 128 valence electrons. The standard InChI is InChI=1S/C20H24N2O.ClH/c1-14(16-12-21-13-16)20(23)22-11-5-10-19(22)18-9-4-7-15-6-2-3-8-17(15)18;/h2-4,6-9,14,16,19,21H,5,10-13H2,1H3;1H. The van der Waals surface area contributed by atoms with Crippen LogP contribution in [0.4, 0.5) is 0 Å². The van der Waals surface area contributed by atoms with Gasteiger partial charge in [-0.25, -0.2) is 0 Å². The van der Waals surface area contributed by atoms with Crippen molar-refractivity contribution < 1.29 is 4.79 Å². The molecule has 0 saturated carbocycles. The molecule has 2 saturated heterocycles. The number of nitrogens with one attached hydrogen (secondary N) is 1. The number of amides is 1. The van der Waals surface area contributed by atoms with E-state index in [0.717, 1.165) is 32.5 Å². The van der Waals surface area contributed by atoms with E-state index in [4.69, 9.17) is 0 Å². The SMILES string of the molecule is CC(C(=O)N1CCCC1c1cccc2ccccc12)C1CNC1.Cl. The number of hydrogen-bond acceptors (Lipinski definition) is 2. The van der Waals surface area contributed by atoms with Gasteiger partial charge in [-0.2, -0.15) is 0 Å². The van der Waals surface area contributed by atoms with Crippen molar-refractivity contribution in [2.24, 2.45) is 11.8 Å². The number of carbonyl (C=O) groups excluding carboxylic acids is 1. The summed E-state index contributed by atoms with van der Waals surface area (Å²) in [5.74, 6) is 0.982. The Labute approximate surface area is 149 Å². The van der Waals surface area contributed by atoms with E-state index in [9.17, 15) is 4.79 Å². The minimum atomic E-state index is 0. The quantitative estimate of drug-likeness (QED) is 0.919. The molecule has 1 N–H and O–H groups in total. The predicted molar refractivity (Wildman–Crippen MR) is 100 cm³/mol. The van der Waals surface area contributed by atoms with E-state index in [-0.39, 0.29) is 24.4 Å². The summed E-state index contributed by atoms with van der Waals surface area (Å²) in [6.45, 7) is 4.98. The van der Waals surface area contributed by atoms with Crippen molar-refractivity contribution in [3.8, 4) is 0 Å². The van der Waals surface area contributed by atoms with Gasteiger partial charge in [0.15, 0.2) is 0 Å². The second-order valence-corrected chi connectivity index (χ2v) is 6.97. The molecule has 2 fully saturated rings. The van der Waals surface area contributed by atoms with Crippen LogP contribution in [0.2, 0.25) is 0 Å². The van der Waals surface area contributed by atoms with Gasteiger partial charge < -0.3 is 10.2 Å². The second kappa shape index (κ2) is 7.12. The van der Waals surface area contributed by atoms with Crippen molar-refractivity contribution in [2.45, 2.75) is 25.8 Å². The van der Waals surface area contributed by atoms with Crippen LogP contribution in [0.3, 0.4) is 0 Å². The lowest BCUT2D eigenvalue weighted by Gasteiger charge is -2.36. The molecule has 2 aromatic carbocycles. The molecule has 0 aliphatic carbocycles. The zero-order valence-corrected chi connectivity index (χ0v) is 14.9. The maximum absolute atomic E-state index is 13.0. The van der Waals surface area contributed by atoms with Crippen molar-refractivity contribution in [3.63, 3.8) is 0 Å². The highest BCUT2D eigenvalue weighted by Gasteiger charge is 2.37. The Morgan fingerprint density at radius 3 is 2.67 bits per heavy atom. The summed E-state index contributed by atoms with van der Waals surface area (Å²) in [5.41, 5.74) is 1.31. The van der Waals surface area contributed by atoms with Gasteiger partial charge in [0.2, 0.25) is 5.91 Å². The van der Waals surface area contributed by atoms with E-state index in [0.29, 0.717) is 11.8 Å². The van der Waals surface area contributed by atoms with Gasteiger partial charge in [-0.1, -0.05) is 49.4 Å². The highest BCUT2D eigenvalue weighted by atomic mass is 35.5. The molecule has 24 heavy (non-hydrogen) atoms. The number of halogens is 1. The first-order valence-corrected chi connectivity index (χ1v) is 8.74. The summed E-state index contributed by atoms with van der Waals surface area (Å²) in [4.78, 5) is 15.1. The largest absolute Gasteiger partial charge is 0.335 e. The van der Waals surface area contributed by atoms with E-state index >= 15 is 0 Å². The molecule has 2 aliphatic rings. The third-order valence-corrected chi connectivity index (χ3v) is 5.63. The zero-order valence-electron chi connectivity index (χ0n) is 14.1. The summed E-state index contributed by atoms with van der Waals surface area (Å²) in [6.07, 6.45) is 2.19. The average molecular weight is 345 g/mol. The fourth-order valence-corrected chi connectivity index (χ4v) is 4.02. The Kier molecular flexibility index (Phi) is 5.12. The fraction of sp³-hybridized carbons (Fsp3) is 0.450. The topological polar surface area (TPSA) is 32.3 Å². The van der Waals surface area contributed by atoms with Gasteiger partial charge in [0.25, 0.3) is 0 Å². The maximum atomic E-state index is 13.0. The molecule has 4 heteroatoms. The van der Waals surface area contributed by atoms with E-state index in [1.807, 2.05) is 0 Å². The summed E-state index contributed by atoms with van der Waals surface area (Å²) in [5, 5.41) is 5.84. The van der Waals surface area contributed by atoms with Crippen molar-refractivity contribution in [3.05, 3.63) is 48.0 Å². The zero-order chi connectivity index (χ0) is 15.8. The minimum Gasteiger partial charge on any atom is -0.335 e. The van der Waals surface area contributed by atoms with Gasteiger partial charge in [-0.15, -0.1) is 12.4 Å². The van der Waals surface area contributed by atoms with Crippen LogP contribution in [-0.4, -0.2) is 30.4 Å². The minimum absolute atomic E-state index is 0. The van der Waals surface area contributed by atoms with E-state index in [2.05, 4.69) is 59.6 Å². The number of benzene rings is 2. The average Bonchev–Trinajstić information content (AvgIpc) is 3.01. The molecule has 2 aliphatic heterocycles. The van der Waals surface area contributed by atoms with Crippen LogP contribution in [0.1, 0.15) is 31.4 Å². The molecular weight excluding hydrogens is 320 g/mol. The van der Waals surface area contributed by atoms with Gasteiger partial charge in [-0.05, 0) is 48.2 Å². The monoisotopic (exact) mass is 344 g/mol. The summed E-state index contributed by atoms with van der Waals surface area (Å²) >= 11 is 0. The van der Waals surface area contributed by atoms with E-state index < -0.39 is 0 Å². The Bertz CT molecular complexity index is 723. The molecule has 2 atom stereocenters. The molecule has 0 aromatic heterocycles. The molecule has 0 radical (unpaired) electrons. The van der Waals surface area contributed by atoms with Crippen LogP contribution in [0.15, 0.2) is 42.5 Å². The first-order valence-electron chi connectivity index (χ1n) is 8.74. The Balaban J connectivity index is 0.00000169. The second-order valence-electron chi connectivity index (χ2n) is 6.97. The van der Waals surface area contributed by atoms with Gasteiger partial charge in [0.05, 0.1) is 6.04 Å². The third kappa shape index (κ3) is 2.91. The first-order chi connectivity index (χ1) is 11.3. The van der Waals surface area contributed by atoms with Crippen LogP contribution in [0, 0.1) is 11.8 Å². The molecule has 2 heterocycles. The number of likely N-dealkylation sites (tertiary alicyclic amines) is 1. The maximum Gasteiger partial charge on any atom is 0.226 e. The van der Waals surface area contributed by atoms with E-state index in [1.165, 1.54) is 16.3 Å². The number of rotatable bonds is 3. The first kappa shape index (κ1) is 17.2. The molecule has 4 rings (SSSR count). The number of fused-ring (bicyclic) bond motifs is 1. The van der Waals surface area contributed by atoms with Gasteiger partial charge in [0, 0.05) is 12.5 Å². The van der Waals surface area contributed by atoms with Crippen molar-refractivity contribution in [1.82, 2.24) is 10.2 Å². The number of carbonyl (C=O) groups is 1. The Hall–Kier alpha value is -1.58. The smallest absolute Gasteiger partial charge is 0.226 e. The predicted octanol–water partition coefficient (Wildman–Crippen LogP) is 3.78. The summed E-state index contributed by atoms with van der Waals surface area (Å²) in [7, 11) is 0. The molecular formula is C20H25ClN2O. The van der Waals surface area contributed by atoms with Crippen molar-refractivity contribution >= 4 is 29.1 Å². The van der Waals surface area contributed by atoms with Crippen LogP contribution in [-0.2, 0) is 4.79 Å². The highest BCUT2D eigenvalue weighted by molar-refractivity contribution is 5.87. The van der Waals surface area contributed by atoms with Crippen LogP contribution in [0.5, 0.6) is 0 Å². The number of nitrogens with zero attached hydrogens (tertiary/aromatic N) is 1. The summed E-state index contributed by atoms with van der Waals surface area (Å²) < 4.78 is 0. The van der Waals surface area contributed by atoms with Crippen LogP contribution >= 0.6 is 12.4 Å².